The zero-order chi connectivity index (χ0) is 18.3. The number of carbonyl (C=O) groups excluding carboxylic acids is 2. The average molecular weight is 356 g/mol. The fraction of sp³-hybridized carbons (Fsp3) is 0.222. The van der Waals surface area contributed by atoms with Crippen LogP contribution in [0.1, 0.15) is 43.3 Å². The molecule has 0 bridgehead atoms. The Morgan fingerprint density at radius 3 is 2.46 bits per heavy atom. The van der Waals surface area contributed by atoms with Crippen molar-refractivity contribution in [2.45, 2.75) is 18.3 Å². The second kappa shape index (κ2) is 4.75. The predicted molar refractivity (Wildman–Crippen MR) is 83.9 cm³/mol. The second-order valence-corrected chi connectivity index (χ2v) is 6.52. The highest BCUT2D eigenvalue weighted by Crippen LogP contribution is 2.52. The molecule has 2 heterocycles. The Balaban J connectivity index is 1.78. The summed E-state index contributed by atoms with van der Waals surface area (Å²) in [7, 11) is 0. The van der Waals surface area contributed by atoms with Crippen molar-refractivity contribution in [1.82, 2.24) is 0 Å². The molecule has 0 aromatic heterocycles. The summed E-state index contributed by atoms with van der Waals surface area (Å²) in [4.78, 5) is 25.7. The minimum atomic E-state index is -0.919. The van der Waals surface area contributed by atoms with Crippen LogP contribution < -0.4 is 4.74 Å². The molecule has 0 amide bonds. The summed E-state index contributed by atoms with van der Waals surface area (Å²) < 4.78 is 10.9. The first kappa shape index (κ1) is 15.2. The number of aliphatic hydroxyl groups is 1. The van der Waals surface area contributed by atoms with Gasteiger partial charge in [-0.2, -0.15) is 0 Å². The quantitative estimate of drug-likeness (QED) is 0.464. The lowest BCUT2D eigenvalue weighted by molar-refractivity contribution is -0.0348. The molecule has 5 rings (SSSR count). The molecule has 132 valence electrons. The van der Waals surface area contributed by atoms with E-state index in [-0.39, 0.29) is 45.9 Å². The molecular formula is C18H12O8. The molecule has 2 aromatic carbocycles. The number of ketones is 2. The summed E-state index contributed by atoms with van der Waals surface area (Å²) >= 11 is 0. The number of fused-ring (bicyclic) bond motifs is 5. The summed E-state index contributed by atoms with van der Waals surface area (Å²) in [6, 6.07) is 3.36. The lowest BCUT2D eigenvalue weighted by atomic mass is 9.80. The van der Waals surface area contributed by atoms with Gasteiger partial charge >= 0.3 is 0 Å². The summed E-state index contributed by atoms with van der Waals surface area (Å²) in [5, 5.41) is 40.5. The van der Waals surface area contributed by atoms with Crippen LogP contribution in [0, 0.1) is 0 Å². The third-order valence-electron chi connectivity index (χ3n) is 5.06. The Kier molecular flexibility index (Phi) is 2.77. The van der Waals surface area contributed by atoms with Gasteiger partial charge in [-0.1, -0.05) is 0 Å². The highest BCUT2D eigenvalue weighted by Gasteiger charge is 2.49. The molecule has 8 nitrogen and oxygen atoms in total. The van der Waals surface area contributed by atoms with Gasteiger partial charge < -0.3 is 29.9 Å². The first-order chi connectivity index (χ1) is 12.4. The normalized spacial score (nSPS) is 25.3. The Bertz CT molecular complexity index is 1020. The molecule has 4 N–H and O–H groups in total. The summed E-state index contributed by atoms with van der Waals surface area (Å²) in [6.45, 7) is 0.0288. The minimum Gasteiger partial charge on any atom is -0.508 e. The van der Waals surface area contributed by atoms with Crippen molar-refractivity contribution in [2.75, 3.05) is 6.61 Å². The number of hydrogen-bond donors (Lipinski definition) is 4. The van der Waals surface area contributed by atoms with Crippen molar-refractivity contribution in [3.05, 3.63) is 46.0 Å². The molecule has 3 atom stereocenters. The number of aromatic hydroxyl groups is 3. The number of phenols is 3. The lowest BCUT2D eigenvalue weighted by Gasteiger charge is -2.21. The molecule has 2 aromatic rings. The van der Waals surface area contributed by atoms with Gasteiger partial charge in [0.15, 0.2) is 5.78 Å². The van der Waals surface area contributed by atoms with E-state index in [9.17, 15) is 30.0 Å². The Labute approximate surface area is 145 Å². The van der Waals surface area contributed by atoms with E-state index < -0.39 is 41.4 Å². The molecule has 3 aliphatic rings. The summed E-state index contributed by atoms with van der Waals surface area (Å²) in [5.41, 5.74) is -0.589. The van der Waals surface area contributed by atoms with Crippen LogP contribution in [0.3, 0.4) is 0 Å². The van der Waals surface area contributed by atoms with E-state index in [1.807, 2.05) is 0 Å². The standard InChI is InChI=1S/C18H12O8/c19-5-1-6-11(8(20)2-5)16(23)12-7(15(6)22)3-10-14(17(12)24)13-9(21)4-25-18(13)26-10/h1-3,9,13,18-21,24H,4H2/t9-,13+,18-/m1/s1. The van der Waals surface area contributed by atoms with E-state index in [0.29, 0.717) is 0 Å². The fourth-order valence-electron chi connectivity index (χ4n) is 3.93. The topological polar surface area (TPSA) is 134 Å². The number of aliphatic hydroxyl groups excluding tert-OH is 1. The maximum absolute atomic E-state index is 12.9. The summed E-state index contributed by atoms with van der Waals surface area (Å²) in [6.07, 6.45) is -1.72. The largest absolute Gasteiger partial charge is 0.508 e. The van der Waals surface area contributed by atoms with Gasteiger partial charge in [-0.05, 0) is 12.1 Å². The van der Waals surface area contributed by atoms with Gasteiger partial charge in [-0.25, -0.2) is 0 Å². The van der Waals surface area contributed by atoms with Crippen molar-refractivity contribution >= 4 is 11.6 Å². The number of ether oxygens (including phenoxy) is 2. The fourth-order valence-corrected chi connectivity index (χ4v) is 3.93. The third-order valence-corrected chi connectivity index (χ3v) is 5.06. The maximum Gasteiger partial charge on any atom is 0.209 e. The van der Waals surface area contributed by atoms with Crippen LogP contribution in [0.4, 0.5) is 0 Å². The van der Waals surface area contributed by atoms with Gasteiger partial charge in [0.05, 0.1) is 29.8 Å². The monoisotopic (exact) mass is 356 g/mol. The van der Waals surface area contributed by atoms with E-state index in [1.54, 1.807) is 0 Å². The van der Waals surface area contributed by atoms with E-state index >= 15 is 0 Å². The molecule has 8 heteroatoms. The Morgan fingerprint density at radius 2 is 1.69 bits per heavy atom. The van der Waals surface area contributed by atoms with Crippen LogP contribution in [0.2, 0.25) is 0 Å². The second-order valence-electron chi connectivity index (χ2n) is 6.52. The zero-order valence-corrected chi connectivity index (χ0v) is 13.1. The lowest BCUT2D eigenvalue weighted by Crippen LogP contribution is -2.22. The number of rotatable bonds is 0. The molecule has 0 saturated carbocycles. The zero-order valence-electron chi connectivity index (χ0n) is 13.1. The van der Waals surface area contributed by atoms with E-state index in [4.69, 9.17) is 9.47 Å². The molecule has 0 radical (unpaired) electrons. The van der Waals surface area contributed by atoms with Crippen molar-refractivity contribution in [3.63, 3.8) is 0 Å². The van der Waals surface area contributed by atoms with Crippen LogP contribution in [0.5, 0.6) is 23.0 Å². The van der Waals surface area contributed by atoms with Crippen molar-refractivity contribution in [1.29, 1.82) is 0 Å². The molecule has 1 fully saturated rings. The van der Waals surface area contributed by atoms with Crippen molar-refractivity contribution in [2.24, 2.45) is 0 Å². The van der Waals surface area contributed by atoms with Crippen LogP contribution in [-0.4, -0.2) is 51.0 Å². The molecule has 0 unspecified atom stereocenters. The van der Waals surface area contributed by atoms with E-state index in [1.165, 1.54) is 6.07 Å². The first-order valence-electron chi connectivity index (χ1n) is 7.90. The summed E-state index contributed by atoms with van der Waals surface area (Å²) in [5.74, 6) is -3.28. The van der Waals surface area contributed by atoms with Gasteiger partial charge in [0.2, 0.25) is 12.1 Å². The smallest absolute Gasteiger partial charge is 0.209 e. The molecule has 1 saturated heterocycles. The highest BCUT2D eigenvalue weighted by molar-refractivity contribution is 6.30. The van der Waals surface area contributed by atoms with Gasteiger partial charge in [0.25, 0.3) is 0 Å². The van der Waals surface area contributed by atoms with Gasteiger partial charge in [-0.3, -0.25) is 9.59 Å². The van der Waals surface area contributed by atoms with Crippen LogP contribution in [0.25, 0.3) is 0 Å². The van der Waals surface area contributed by atoms with Crippen LogP contribution in [0.15, 0.2) is 18.2 Å². The third kappa shape index (κ3) is 1.69. The van der Waals surface area contributed by atoms with E-state index in [0.717, 1.165) is 12.1 Å². The van der Waals surface area contributed by atoms with Gasteiger partial charge in [0, 0.05) is 22.8 Å². The van der Waals surface area contributed by atoms with Crippen LogP contribution in [-0.2, 0) is 4.74 Å². The molecule has 0 spiro atoms. The molecule has 1 aliphatic carbocycles. The maximum atomic E-state index is 12.9. The van der Waals surface area contributed by atoms with Crippen LogP contribution >= 0.6 is 0 Å². The predicted octanol–water partition coefficient (Wildman–Crippen LogP) is 0.772. The van der Waals surface area contributed by atoms with Crippen molar-refractivity contribution in [3.8, 4) is 23.0 Å². The van der Waals surface area contributed by atoms with E-state index in [2.05, 4.69) is 0 Å². The minimum absolute atomic E-state index is 0.0288. The Morgan fingerprint density at radius 1 is 0.962 bits per heavy atom. The van der Waals surface area contributed by atoms with Gasteiger partial charge in [-0.15, -0.1) is 0 Å². The molecule has 2 aliphatic heterocycles. The Hall–Kier alpha value is -3.10. The highest BCUT2D eigenvalue weighted by atomic mass is 16.7. The average Bonchev–Trinajstić information content (AvgIpc) is 3.11. The SMILES string of the molecule is O=C1c2cc(O)cc(O)c2C(=O)c2c1cc1c(c2O)[C@H]2[C@H](OC[C@H]2O)O1. The number of benzene rings is 2. The number of phenolic OH excluding ortho intramolecular Hbond substituents is 3. The van der Waals surface area contributed by atoms with Crippen molar-refractivity contribution < 1.29 is 39.5 Å². The molecule has 26 heavy (non-hydrogen) atoms. The van der Waals surface area contributed by atoms with Gasteiger partial charge in [0.1, 0.15) is 23.0 Å². The number of hydrogen-bond acceptors (Lipinski definition) is 8. The molecular weight excluding hydrogens is 344 g/mol. The first-order valence-corrected chi connectivity index (χ1v) is 7.90. The number of carbonyl (C=O) groups is 2.